The summed E-state index contributed by atoms with van der Waals surface area (Å²) < 4.78 is 0. The lowest BCUT2D eigenvalue weighted by atomic mass is 10.0. The van der Waals surface area contributed by atoms with Crippen molar-refractivity contribution in [3.8, 4) is 0 Å². The van der Waals surface area contributed by atoms with Gasteiger partial charge in [0.25, 0.3) is 0 Å². The van der Waals surface area contributed by atoms with Crippen LogP contribution in [0.3, 0.4) is 0 Å². The lowest BCUT2D eigenvalue weighted by Crippen LogP contribution is -2.41. The Balaban J connectivity index is 1.84. The predicted octanol–water partition coefficient (Wildman–Crippen LogP) is 2.02. The van der Waals surface area contributed by atoms with Crippen LogP contribution >= 0.6 is 0 Å². The minimum atomic E-state index is -0.0509. The second-order valence-corrected chi connectivity index (χ2v) is 6.20. The van der Waals surface area contributed by atoms with Crippen molar-refractivity contribution in [2.45, 2.75) is 37.8 Å². The van der Waals surface area contributed by atoms with E-state index < -0.39 is 0 Å². The van der Waals surface area contributed by atoms with Gasteiger partial charge in [-0.15, -0.1) is 0 Å². The highest BCUT2D eigenvalue weighted by atomic mass is 16.2. The molecule has 2 unspecified atom stereocenters. The molecule has 1 amide bonds. The summed E-state index contributed by atoms with van der Waals surface area (Å²) >= 11 is 0. The van der Waals surface area contributed by atoms with Crippen molar-refractivity contribution in [3.05, 3.63) is 35.9 Å². The Morgan fingerprint density at radius 2 is 2.10 bits per heavy atom. The molecule has 0 spiro atoms. The minimum Gasteiger partial charge on any atom is -0.338 e. The molecule has 1 aromatic carbocycles. The SMILES string of the molecule is CN(C)CC1CCCN1C(=O)CCC(N)c1ccccc1. The molecule has 0 aliphatic carbocycles. The molecule has 4 nitrogen and oxygen atoms in total. The second-order valence-electron chi connectivity index (χ2n) is 6.20. The molecule has 116 valence electrons. The van der Waals surface area contributed by atoms with E-state index in [2.05, 4.69) is 23.9 Å². The van der Waals surface area contributed by atoms with Gasteiger partial charge in [-0.1, -0.05) is 30.3 Å². The number of carbonyl (C=O) groups is 1. The van der Waals surface area contributed by atoms with E-state index >= 15 is 0 Å². The van der Waals surface area contributed by atoms with Gasteiger partial charge in [0.15, 0.2) is 0 Å². The van der Waals surface area contributed by atoms with Gasteiger partial charge in [0.05, 0.1) is 0 Å². The van der Waals surface area contributed by atoms with Crippen molar-refractivity contribution >= 4 is 5.91 Å². The topological polar surface area (TPSA) is 49.6 Å². The third-order valence-corrected chi connectivity index (χ3v) is 4.17. The Bertz CT molecular complexity index is 447. The van der Waals surface area contributed by atoms with Gasteiger partial charge in [0.2, 0.25) is 5.91 Å². The van der Waals surface area contributed by atoms with Crippen LogP contribution in [0.15, 0.2) is 30.3 Å². The first-order chi connectivity index (χ1) is 10.1. The molecule has 2 atom stereocenters. The van der Waals surface area contributed by atoms with Crippen molar-refractivity contribution in [3.63, 3.8) is 0 Å². The Labute approximate surface area is 127 Å². The number of hydrogen-bond donors (Lipinski definition) is 1. The van der Waals surface area contributed by atoms with Gasteiger partial charge < -0.3 is 15.5 Å². The molecule has 1 fully saturated rings. The first-order valence-corrected chi connectivity index (χ1v) is 7.82. The summed E-state index contributed by atoms with van der Waals surface area (Å²) in [6, 6.07) is 10.3. The molecule has 1 aromatic rings. The lowest BCUT2D eigenvalue weighted by molar-refractivity contribution is -0.132. The van der Waals surface area contributed by atoms with Crippen LogP contribution in [0.2, 0.25) is 0 Å². The van der Waals surface area contributed by atoms with E-state index in [0.29, 0.717) is 18.9 Å². The van der Waals surface area contributed by atoms with Crippen LogP contribution < -0.4 is 5.73 Å². The van der Waals surface area contributed by atoms with Gasteiger partial charge in [0, 0.05) is 31.6 Å². The average Bonchev–Trinajstić information content (AvgIpc) is 2.92. The Morgan fingerprint density at radius 1 is 1.38 bits per heavy atom. The molecule has 1 saturated heterocycles. The first-order valence-electron chi connectivity index (χ1n) is 7.82. The largest absolute Gasteiger partial charge is 0.338 e. The van der Waals surface area contributed by atoms with Crippen LogP contribution in [0.1, 0.15) is 37.3 Å². The highest BCUT2D eigenvalue weighted by Crippen LogP contribution is 2.21. The fraction of sp³-hybridized carbons (Fsp3) is 0.588. The third-order valence-electron chi connectivity index (χ3n) is 4.17. The van der Waals surface area contributed by atoms with Crippen molar-refractivity contribution in [2.24, 2.45) is 5.73 Å². The summed E-state index contributed by atoms with van der Waals surface area (Å²) in [6.45, 7) is 1.86. The summed E-state index contributed by atoms with van der Waals surface area (Å²) in [6.07, 6.45) is 3.50. The molecule has 0 saturated carbocycles. The summed E-state index contributed by atoms with van der Waals surface area (Å²) in [7, 11) is 4.12. The molecule has 0 radical (unpaired) electrons. The van der Waals surface area contributed by atoms with Crippen LogP contribution in [0.25, 0.3) is 0 Å². The van der Waals surface area contributed by atoms with Crippen molar-refractivity contribution in [1.82, 2.24) is 9.80 Å². The van der Waals surface area contributed by atoms with Gasteiger partial charge in [-0.2, -0.15) is 0 Å². The van der Waals surface area contributed by atoms with Gasteiger partial charge in [-0.05, 0) is 38.9 Å². The summed E-state index contributed by atoms with van der Waals surface area (Å²) in [5.41, 5.74) is 7.29. The van der Waals surface area contributed by atoms with E-state index in [1.54, 1.807) is 0 Å². The monoisotopic (exact) mass is 289 g/mol. The van der Waals surface area contributed by atoms with E-state index in [9.17, 15) is 4.79 Å². The van der Waals surface area contributed by atoms with E-state index in [1.165, 1.54) is 0 Å². The summed E-state index contributed by atoms with van der Waals surface area (Å²) in [4.78, 5) is 16.6. The molecular formula is C17H27N3O. The zero-order valence-corrected chi connectivity index (χ0v) is 13.2. The van der Waals surface area contributed by atoms with Gasteiger partial charge in [-0.25, -0.2) is 0 Å². The Morgan fingerprint density at radius 3 is 2.76 bits per heavy atom. The van der Waals surface area contributed by atoms with Crippen molar-refractivity contribution < 1.29 is 4.79 Å². The Kier molecular flexibility index (Phi) is 5.76. The molecule has 0 bridgehead atoms. The number of amides is 1. The highest BCUT2D eigenvalue weighted by Gasteiger charge is 2.28. The smallest absolute Gasteiger partial charge is 0.222 e. The molecule has 2 rings (SSSR count). The molecular weight excluding hydrogens is 262 g/mol. The fourth-order valence-corrected chi connectivity index (χ4v) is 3.06. The number of benzene rings is 1. The summed E-state index contributed by atoms with van der Waals surface area (Å²) in [5.74, 6) is 0.255. The first kappa shape index (κ1) is 16.0. The molecule has 2 N–H and O–H groups in total. The van der Waals surface area contributed by atoms with Crippen LogP contribution in [0, 0.1) is 0 Å². The average molecular weight is 289 g/mol. The lowest BCUT2D eigenvalue weighted by Gasteiger charge is -2.27. The molecule has 0 aromatic heterocycles. The number of carbonyl (C=O) groups excluding carboxylic acids is 1. The van der Waals surface area contributed by atoms with Gasteiger partial charge in [0.1, 0.15) is 0 Å². The van der Waals surface area contributed by atoms with Crippen LogP contribution in [-0.4, -0.2) is 48.9 Å². The maximum Gasteiger partial charge on any atom is 0.222 e. The van der Waals surface area contributed by atoms with Gasteiger partial charge >= 0.3 is 0 Å². The van der Waals surface area contributed by atoms with E-state index in [1.807, 2.05) is 30.3 Å². The standard InChI is InChI=1S/C17H27N3O/c1-19(2)13-15-9-6-12-20(15)17(21)11-10-16(18)14-7-4-3-5-8-14/h3-5,7-8,15-16H,6,9-13,18H2,1-2H3. The third kappa shape index (κ3) is 4.55. The maximum atomic E-state index is 12.4. The quantitative estimate of drug-likeness (QED) is 0.871. The van der Waals surface area contributed by atoms with E-state index in [-0.39, 0.29) is 11.9 Å². The molecule has 4 heteroatoms. The normalized spacial score (nSPS) is 20.0. The highest BCUT2D eigenvalue weighted by molar-refractivity contribution is 5.76. The number of likely N-dealkylation sites (tertiary alicyclic amines) is 1. The van der Waals surface area contributed by atoms with Crippen LogP contribution in [0.4, 0.5) is 0 Å². The zero-order valence-electron chi connectivity index (χ0n) is 13.2. The number of hydrogen-bond acceptors (Lipinski definition) is 3. The molecule has 21 heavy (non-hydrogen) atoms. The molecule has 1 aliphatic rings. The fourth-order valence-electron chi connectivity index (χ4n) is 3.06. The van der Waals surface area contributed by atoms with Gasteiger partial charge in [-0.3, -0.25) is 4.79 Å². The van der Waals surface area contributed by atoms with Crippen molar-refractivity contribution in [1.29, 1.82) is 0 Å². The number of likely N-dealkylation sites (N-methyl/N-ethyl adjacent to an activating group) is 1. The maximum absolute atomic E-state index is 12.4. The van der Waals surface area contributed by atoms with Crippen LogP contribution in [0.5, 0.6) is 0 Å². The summed E-state index contributed by atoms with van der Waals surface area (Å²) in [5, 5.41) is 0. The number of rotatable bonds is 6. The minimum absolute atomic E-state index is 0.0509. The van der Waals surface area contributed by atoms with E-state index in [4.69, 9.17) is 5.73 Å². The van der Waals surface area contributed by atoms with E-state index in [0.717, 1.165) is 31.5 Å². The van der Waals surface area contributed by atoms with Crippen LogP contribution in [-0.2, 0) is 4.79 Å². The number of nitrogens with zero attached hydrogens (tertiary/aromatic N) is 2. The second kappa shape index (κ2) is 7.57. The Hall–Kier alpha value is -1.39. The number of nitrogens with two attached hydrogens (primary N) is 1. The predicted molar refractivity (Wildman–Crippen MR) is 85.9 cm³/mol. The van der Waals surface area contributed by atoms with Crippen molar-refractivity contribution in [2.75, 3.05) is 27.2 Å². The zero-order chi connectivity index (χ0) is 15.2. The molecule has 1 aliphatic heterocycles. The molecule has 1 heterocycles.